The molecule has 140 valence electrons. The van der Waals surface area contributed by atoms with Crippen molar-refractivity contribution < 1.29 is 28.6 Å². The molecule has 0 spiro atoms. The topological polar surface area (TPSA) is 103 Å². The van der Waals surface area contributed by atoms with Crippen LogP contribution in [0.4, 0.5) is 4.79 Å². The van der Waals surface area contributed by atoms with E-state index in [9.17, 15) is 14.4 Å². The molecule has 1 aliphatic heterocycles. The van der Waals surface area contributed by atoms with Crippen molar-refractivity contribution in [3.63, 3.8) is 0 Å². The molecule has 1 aromatic rings. The first-order chi connectivity index (χ1) is 12.5. The van der Waals surface area contributed by atoms with Gasteiger partial charge < -0.3 is 24.8 Å². The maximum atomic E-state index is 12.3. The highest BCUT2D eigenvalue weighted by Crippen LogP contribution is 2.15. The maximum Gasteiger partial charge on any atom is 0.338 e. The molecular formula is C18H22N2O6. The quantitative estimate of drug-likeness (QED) is 0.713. The van der Waals surface area contributed by atoms with Gasteiger partial charge >= 0.3 is 18.0 Å². The van der Waals surface area contributed by atoms with E-state index >= 15 is 0 Å². The molecule has 1 unspecified atom stereocenters. The Kier molecular flexibility index (Phi) is 6.74. The Labute approximate surface area is 151 Å². The number of urea groups is 1. The molecule has 1 atom stereocenters. The number of nitrogens with one attached hydrogen (secondary N) is 2. The Morgan fingerprint density at radius 2 is 1.92 bits per heavy atom. The van der Waals surface area contributed by atoms with Crippen LogP contribution in [0.1, 0.15) is 29.8 Å². The standard InChI is InChI=1S/C18H22N2O6/c1-4-25-17(22)15-11(2)19-18(23)20-14(15)10-26-16(21)13-7-5-6-12(8-13)9-24-3/h5-8,11H,4,9-10H2,1-3H3,(H2,19,20,23). The molecule has 0 aliphatic carbocycles. The molecule has 1 aromatic carbocycles. The molecule has 2 N–H and O–H groups in total. The normalized spacial score (nSPS) is 16.6. The molecule has 8 heteroatoms. The van der Waals surface area contributed by atoms with E-state index in [0.717, 1.165) is 5.56 Å². The summed E-state index contributed by atoms with van der Waals surface area (Å²) in [5, 5.41) is 5.08. The van der Waals surface area contributed by atoms with Crippen LogP contribution in [0.3, 0.4) is 0 Å². The SMILES string of the molecule is CCOC(=O)C1=C(COC(=O)c2cccc(COC)c2)NC(=O)NC1C. The average molecular weight is 362 g/mol. The summed E-state index contributed by atoms with van der Waals surface area (Å²) in [4.78, 5) is 36.1. The predicted octanol–water partition coefficient (Wildman–Crippen LogP) is 1.51. The second-order valence-corrected chi connectivity index (χ2v) is 5.64. The van der Waals surface area contributed by atoms with Crippen molar-refractivity contribution in [2.24, 2.45) is 0 Å². The van der Waals surface area contributed by atoms with Gasteiger partial charge in [-0.05, 0) is 31.5 Å². The first-order valence-electron chi connectivity index (χ1n) is 8.19. The van der Waals surface area contributed by atoms with Crippen LogP contribution in [-0.2, 0) is 25.6 Å². The predicted molar refractivity (Wildman–Crippen MR) is 92.2 cm³/mol. The number of amides is 2. The second-order valence-electron chi connectivity index (χ2n) is 5.64. The fraction of sp³-hybridized carbons (Fsp3) is 0.389. The van der Waals surface area contributed by atoms with E-state index in [1.807, 2.05) is 6.07 Å². The Balaban J connectivity index is 2.14. The lowest BCUT2D eigenvalue weighted by Gasteiger charge is -2.26. The van der Waals surface area contributed by atoms with Gasteiger partial charge in [-0.2, -0.15) is 0 Å². The highest BCUT2D eigenvalue weighted by molar-refractivity contribution is 5.95. The van der Waals surface area contributed by atoms with E-state index in [4.69, 9.17) is 14.2 Å². The number of carbonyl (C=O) groups excluding carboxylic acids is 3. The lowest BCUT2D eigenvalue weighted by molar-refractivity contribution is -0.139. The molecule has 2 amide bonds. The van der Waals surface area contributed by atoms with Crippen molar-refractivity contribution in [1.82, 2.24) is 10.6 Å². The van der Waals surface area contributed by atoms with Gasteiger partial charge in [-0.1, -0.05) is 12.1 Å². The third kappa shape index (κ3) is 4.82. The van der Waals surface area contributed by atoms with Crippen molar-refractivity contribution >= 4 is 18.0 Å². The Morgan fingerprint density at radius 1 is 1.15 bits per heavy atom. The fourth-order valence-corrected chi connectivity index (χ4v) is 2.57. The first kappa shape index (κ1) is 19.5. The third-order valence-corrected chi connectivity index (χ3v) is 3.69. The summed E-state index contributed by atoms with van der Waals surface area (Å²) >= 11 is 0. The minimum Gasteiger partial charge on any atom is -0.463 e. The lowest BCUT2D eigenvalue weighted by Crippen LogP contribution is -2.50. The third-order valence-electron chi connectivity index (χ3n) is 3.69. The van der Waals surface area contributed by atoms with Crippen molar-refractivity contribution in [1.29, 1.82) is 0 Å². The van der Waals surface area contributed by atoms with Gasteiger partial charge in [0.15, 0.2) is 0 Å². The zero-order valence-electron chi connectivity index (χ0n) is 15.0. The van der Waals surface area contributed by atoms with E-state index < -0.39 is 24.0 Å². The van der Waals surface area contributed by atoms with E-state index in [2.05, 4.69) is 10.6 Å². The van der Waals surface area contributed by atoms with E-state index in [0.29, 0.717) is 12.2 Å². The van der Waals surface area contributed by atoms with Gasteiger partial charge in [-0.15, -0.1) is 0 Å². The molecule has 26 heavy (non-hydrogen) atoms. The van der Waals surface area contributed by atoms with E-state index in [1.165, 1.54) is 0 Å². The Hall–Kier alpha value is -2.87. The van der Waals surface area contributed by atoms with Crippen molar-refractivity contribution in [3.8, 4) is 0 Å². The molecule has 8 nitrogen and oxygen atoms in total. The summed E-state index contributed by atoms with van der Waals surface area (Å²) in [6, 6.07) is 5.81. The van der Waals surface area contributed by atoms with Crippen LogP contribution in [0.2, 0.25) is 0 Å². The molecule has 0 saturated heterocycles. The zero-order chi connectivity index (χ0) is 19.1. The molecule has 0 aromatic heterocycles. The van der Waals surface area contributed by atoms with Crippen molar-refractivity contribution in [2.45, 2.75) is 26.5 Å². The number of hydrogen-bond donors (Lipinski definition) is 2. The van der Waals surface area contributed by atoms with E-state index in [-0.39, 0.29) is 24.5 Å². The van der Waals surface area contributed by atoms with Crippen LogP contribution < -0.4 is 10.6 Å². The number of ether oxygens (including phenoxy) is 3. The van der Waals surface area contributed by atoms with Crippen LogP contribution in [0.15, 0.2) is 35.5 Å². The van der Waals surface area contributed by atoms with Crippen LogP contribution in [0, 0.1) is 0 Å². The minimum absolute atomic E-state index is 0.197. The van der Waals surface area contributed by atoms with Gasteiger partial charge in [0.05, 0.1) is 36.1 Å². The highest BCUT2D eigenvalue weighted by Gasteiger charge is 2.30. The molecule has 2 rings (SSSR count). The lowest BCUT2D eigenvalue weighted by atomic mass is 10.0. The van der Waals surface area contributed by atoms with Crippen LogP contribution in [0.25, 0.3) is 0 Å². The number of carbonyl (C=O) groups is 3. The van der Waals surface area contributed by atoms with Gasteiger partial charge in [-0.25, -0.2) is 14.4 Å². The van der Waals surface area contributed by atoms with Gasteiger partial charge in [0.2, 0.25) is 0 Å². The van der Waals surface area contributed by atoms with Crippen molar-refractivity contribution in [3.05, 3.63) is 46.7 Å². The molecule has 0 bridgehead atoms. The number of hydrogen-bond acceptors (Lipinski definition) is 6. The molecule has 0 saturated carbocycles. The molecular weight excluding hydrogens is 340 g/mol. The zero-order valence-corrected chi connectivity index (χ0v) is 15.0. The second kappa shape index (κ2) is 9.00. The summed E-state index contributed by atoms with van der Waals surface area (Å²) in [6.45, 7) is 3.66. The summed E-state index contributed by atoms with van der Waals surface area (Å²) in [5.41, 5.74) is 1.62. The van der Waals surface area contributed by atoms with Gasteiger partial charge in [-0.3, -0.25) is 0 Å². The summed E-state index contributed by atoms with van der Waals surface area (Å²) in [5.74, 6) is -1.14. The molecule has 0 radical (unpaired) electrons. The monoisotopic (exact) mass is 362 g/mol. The largest absolute Gasteiger partial charge is 0.463 e. The average Bonchev–Trinajstić information content (AvgIpc) is 2.59. The summed E-state index contributed by atoms with van der Waals surface area (Å²) in [7, 11) is 1.56. The first-order valence-corrected chi connectivity index (χ1v) is 8.19. The summed E-state index contributed by atoms with van der Waals surface area (Å²) in [6.07, 6.45) is 0. The fourth-order valence-electron chi connectivity index (χ4n) is 2.57. The smallest absolute Gasteiger partial charge is 0.338 e. The summed E-state index contributed by atoms with van der Waals surface area (Å²) < 4.78 is 15.3. The highest BCUT2D eigenvalue weighted by atomic mass is 16.5. The van der Waals surface area contributed by atoms with Crippen LogP contribution in [-0.4, -0.2) is 44.3 Å². The molecule has 1 aliphatic rings. The van der Waals surface area contributed by atoms with Crippen molar-refractivity contribution in [2.75, 3.05) is 20.3 Å². The van der Waals surface area contributed by atoms with Crippen LogP contribution >= 0.6 is 0 Å². The van der Waals surface area contributed by atoms with Crippen LogP contribution in [0.5, 0.6) is 0 Å². The number of esters is 2. The number of methoxy groups -OCH3 is 1. The molecule has 1 heterocycles. The van der Waals surface area contributed by atoms with Gasteiger partial charge in [0, 0.05) is 7.11 Å². The Bertz CT molecular complexity index is 728. The van der Waals surface area contributed by atoms with E-state index in [1.54, 1.807) is 39.2 Å². The number of benzene rings is 1. The Morgan fingerprint density at radius 3 is 2.62 bits per heavy atom. The van der Waals surface area contributed by atoms with Gasteiger partial charge in [0.1, 0.15) is 6.61 Å². The number of rotatable bonds is 7. The minimum atomic E-state index is -0.570. The maximum absolute atomic E-state index is 12.3. The molecule has 0 fully saturated rings. The van der Waals surface area contributed by atoms with Gasteiger partial charge in [0.25, 0.3) is 0 Å².